The molecule has 0 saturated carbocycles. The van der Waals surface area contributed by atoms with Gasteiger partial charge in [-0.3, -0.25) is 9.69 Å². The molecular weight excluding hydrogens is 414 g/mol. The van der Waals surface area contributed by atoms with E-state index in [1.807, 2.05) is 19.1 Å². The molecule has 1 saturated heterocycles. The maximum absolute atomic E-state index is 11.3. The minimum absolute atomic E-state index is 0.0856. The molecule has 1 aromatic carbocycles. The van der Waals surface area contributed by atoms with Gasteiger partial charge in [-0.25, -0.2) is 0 Å². The maximum atomic E-state index is 11.3. The van der Waals surface area contributed by atoms with Crippen molar-refractivity contribution in [3.8, 4) is 5.75 Å². The fourth-order valence-electron chi connectivity index (χ4n) is 3.55. The zero-order valence-corrected chi connectivity index (χ0v) is 17.5. The fourth-order valence-corrected chi connectivity index (χ4v) is 4.98. The first kappa shape index (κ1) is 19.4. The van der Waals surface area contributed by atoms with Gasteiger partial charge in [0.15, 0.2) is 0 Å². The number of rotatable bonds is 6. The van der Waals surface area contributed by atoms with Crippen molar-refractivity contribution < 1.29 is 14.6 Å². The molecule has 1 fully saturated rings. The van der Waals surface area contributed by atoms with E-state index in [0.717, 1.165) is 28.9 Å². The van der Waals surface area contributed by atoms with Gasteiger partial charge in [-0.05, 0) is 75.0 Å². The number of hydrogen-bond donors (Lipinski definition) is 1. The third kappa shape index (κ3) is 4.30. The second kappa shape index (κ2) is 8.55. The first-order valence-corrected chi connectivity index (χ1v) is 10.6. The standard InChI is InChI=1S/C20H24BrNO3S/c1-3-25-17-5-4-15(21)11-16(17)19(18-10-13(2)12-26-18)22-8-6-14(7-9-22)20(23)24/h4-5,10-12,14,19H,3,6-9H2,1-2H3,(H,23,24). The molecule has 1 aliphatic rings. The maximum Gasteiger partial charge on any atom is 0.306 e. The highest BCUT2D eigenvalue weighted by Gasteiger charge is 2.32. The number of halogens is 1. The molecule has 6 heteroatoms. The number of nitrogens with zero attached hydrogens (tertiary/aromatic N) is 1. The zero-order valence-electron chi connectivity index (χ0n) is 15.1. The summed E-state index contributed by atoms with van der Waals surface area (Å²) in [7, 11) is 0. The fraction of sp³-hybridized carbons (Fsp3) is 0.450. The molecule has 1 aliphatic heterocycles. The van der Waals surface area contributed by atoms with Gasteiger partial charge in [0.1, 0.15) is 5.75 Å². The van der Waals surface area contributed by atoms with Crippen LogP contribution in [0.3, 0.4) is 0 Å². The van der Waals surface area contributed by atoms with E-state index < -0.39 is 5.97 Å². The molecule has 2 aromatic rings. The number of likely N-dealkylation sites (tertiary alicyclic amines) is 1. The Morgan fingerprint density at radius 1 is 1.38 bits per heavy atom. The molecule has 2 heterocycles. The van der Waals surface area contributed by atoms with E-state index in [1.54, 1.807) is 11.3 Å². The molecule has 1 atom stereocenters. The number of thiophene rings is 1. The highest BCUT2D eigenvalue weighted by molar-refractivity contribution is 9.10. The number of carboxylic acid groups (broad SMARTS) is 1. The Labute approximate surface area is 166 Å². The van der Waals surface area contributed by atoms with Crippen molar-refractivity contribution in [1.29, 1.82) is 0 Å². The van der Waals surface area contributed by atoms with Crippen LogP contribution in [0.15, 0.2) is 34.1 Å². The SMILES string of the molecule is CCOc1ccc(Br)cc1C(c1cc(C)cs1)N1CCC(C(=O)O)CC1. The second-order valence-electron chi connectivity index (χ2n) is 6.69. The van der Waals surface area contributed by atoms with Gasteiger partial charge in [-0.1, -0.05) is 15.9 Å². The summed E-state index contributed by atoms with van der Waals surface area (Å²) in [4.78, 5) is 15.0. The van der Waals surface area contributed by atoms with Crippen LogP contribution in [0.25, 0.3) is 0 Å². The topological polar surface area (TPSA) is 49.8 Å². The van der Waals surface area contributed by atoms with Crippen molar-refractivity contribution in [3.05, 3.63) is 50.1 Å². The summed E-state index contributed by atoms with van der Waals surface area (Å²) in [6, 6.07) is 8.47. The van der Waals surface area contributed by atoms with E-state index in [9.17, 15) is 9.90 Å². The lowest BCUT2D eigenvalue weighted by Gasteiger charge is -2.37. The third-order valence-electron chi connectivity index (χ3n) is 4.83. The largest absolute Gasteiger partial charge is 0.494 e. The van der Waals surface area contributed by atoms with Crippen molar-refractivity contribution in [3.63, 3.8) is 0 Å². The predicted molar refractivity (Wildman–Crippen MR) is 108 cm³/mol. The number of aliphatic carboxylic acids is 1. The van der Waals surface area contributed by atoms with Gasteiger partial charge in [0, 0.05) is 14.9 Å². The van der Waals surface area contributed by atoms with Crippen LogP contribution in [0.2, 0.25) is 0 Å². The van der Waals surface area contributed by atoms with Gasteiger partial charge in [0.05, 0.1) is 18.6 Å². The Bertz CT molecular complexity index is 768. The van der Waals surface area contributed by atoms with Crippen LogP contribution in [0, 0.1) is 12.8 Å². The highest BCUT2D eigenvalue weighted by Crippen LogP contribution is 2.40. The highest BCUT2D eigenvalue weighted by atomic mass is 79.9. The molecule has 140 valence electrons. The lowest BCUT2D eigenvalue weighted by molar-refractivity contribution is -0.143. The summed E-state index contributed by atoms with van der Waals surface area (Å²) >= 11 is 5.35. The predicted octanol–water partition coefficient (Wildman–Crippen LogP) is 5.10. The summed E-state index contributed by atoms with van der Waals surface area (Å²) < 4.78 is 6.94. The molecule has 0 radical (unpaired) electrons. The van der Waals surface area contributed by atoms with E-state index in [0.29, 0.717) is 19.4 Å². The Morgan fingerprint density at radius 2 is 2.12 bits per heavy atom. The van der Waals surface area contributed by atoms with E-state index in [-0.39, 0.29) is 12.0 Å². The average Bonchev–Trinajstić information content (AvgIpc) is 3.04. The Kier molecular flexibility index (Phi) is 6.37. The lowest BCUT2D eigenvalue weighted by Crippen LogP contribution is -2.39. The van der Waals surface area contributed by atoms with Crippen LogP contribution >= 0.6 is 27.3 Å². The van der Waals surface area contributed by atoms with Crippen LogP contribution in [0.5, 0.6) is 5.75 Å². The Balaban J connectivity index is 1.98. The summed E-state index contributed by atoms with van der Waals surface area (Å²) in [5.41, 5.74) is 2.39. The number of benzene rings is 1. The quantitative estimate of drug-likeness (QED) is 0.682. The first-order chi connectivity index (χ1) is 12.5. The van der Waals surface area contributed by atoms with Gasteiger partial charge < -0.3 is 9.84 Å². The second-order valence-corrected chi connectivity index (χ2v) is 8.55. The van der Waals surface area contributed by atoms with Crippen LogP contribution < -0.4 is 4.74 Å². The monoisotopic (exact) mass is 437 g/mol. The van der Waals surface area contributed by atoms with E-state index in [1.165, 1.54) is 10.4 Å². The van der Waals surface area contributed by atoms with Crippen molar-refractivity contribution in [2.45, 2.75) is 32.7 Å². The average molecular weight is 438 g/mol. The van der Waals surface area contributed by atoms with Gasteiger partial charge in [0.2, 0.25) is 0 Å². The van der Waals surface area contributed by atoms with Gasteiger partial charge in [0.25, 0.3) is 0 Å². The summed E-state index contributed by atoms with van der Waals surface area (Å²) in [6.45, 7) is 6.27. The number of carbonyl (C=O) groups is 1. The normalized spacial score (nSPS) is 17.2. The number of carboxylic acids is 1. The minimum atomic E-state index is -0.675. The van der Waals surface area contributed by atoms with Gasteiger partial charge in [-0.2, -0.15) is 0 Å². The lowest BCUT2D eigenvalue weighted by atomic mass is 9.93. The van der Waals surface area contributed by atoms with E-state index >= 15 is 0 Å². The Hall–Kier alpha value is -1.37. The van der Waals surface area contributed by atoms with Crippen LogP contribution in [-0.4, -0.2) is 35.7 Å². The molecular formula is C20H24BrNO3S. The van der Waals surface area contributed by atoms with Crippen LogP contribution in [-0.2, 0) is 4.79 Å². The minimum Gasteiger partial charge on any atom is -0.494 e. The summed E-state index contributed by atoms with van der Waals surface area (Å²) in [5.74, 6) is -0.0106. The van der Waals surface area contributed by atoms with E-state index in [4.69, 9.17) is 4.74 Å². The molecule has 1 N–H and O–H groups in total. The first-order valence-electron chi connectivity index (χ1n) is 8.93. The van der Waals surface area contributed by atoms with Crippen LogP contribution in [0.1, 0.15) is 41.8 Å². The molecule has 0 bridgehead atoms. The van der Waals surface area contributed by atoms with Crippen molar-refractivity contribution >= 4 is 33.2 Å². The summed E-state index contributed by atoms with van der Waals surface area (Å²) in [5, 5.41) is 11.5. The number of ether oxygens (including phenoxy) is 1. The van der Waals surface area contributed by atoms with Gasteiger partial charge in [-0.15, -0.1) is 11.3 Å². The number of piperidine rings is 1. The molecule has 0 amide bonds. The van der Waals surface area contributed by atoms with Crippen molar-refractivity contribution in [2.75, 3.05) is 19.7 Å². The molecule has 0 aliphatic carbocycles. The molecule has 1 aromatic heterocycles. The molecule has 26 heavy (non-hydrogen) atoms. The number of hydrogen-bond acceptors (Lipinski definition) is 4. The van der Waals surface area contributed by atoms with Gasteiger partial charge >= 0.3 is 5.97 Å². The smallest absolute Gasteiger partial charge is 0.306 e. The summed E-state index contributed by atoms with van der Waals surface area (Å²) in [6.07, 6.45) is 1.38. The Morgan fingerprint density at radius 3 is 2.69 bits per heavy atom. The van der Waals surface area contributed by atoms with Crippen LogP contribution in [0.4, 0.5) is 0 Å². The van der Waals surface area contributed by atoms with Crippen molar-refractivity contribution in [1.82, 2.24) is 4.90 Å². The third-order valence-corrected chi connectivity index (χ3v) is 6.43. The molecule has 1 unspecified atom stereocenters. The molecule has 3 rings (SSSR count). The number of aryl methyl sites for hydroxylation is 1. The molecule has 4 nitrogen and oxygen atoms in total. The van der Waals surface area contributed by atoms with Crippen molar-refractivity contribution in [2.24, 2.45) is 5.92 Å². The van der Waals surface area contributed by atoms with E-state index in [2.05, 4.69) is 45.3 Å². The zero-order chi connectivity index (χ0) is 18.7. The molecule has 0 spiro atoms.